The highest BCUT2D eigenvalue weighted by molar-refractivity contribution is 6.35. The summed E-state index contributed by atoms with van der Waals surface area (Å²) in [7, 11) is 0. The maximum absolute atomic E-state index is 13.5. The summed E-state index contributed by atoms with van der Waals surface area (Å²) in [6, 6.07) is 9.24. The maximum Gasteiger partial charge on any atom is 0.573 e. The summed E-state index contributed by atoms with van der Waals surface area (Å²) in [6.45, 7) is -0.189. The Kier molecular flexibility index (Phi) is 6.02. The van der Waals surface area contributed by atoms with E-state index in [9.17, 15) is 31.1 Å². The van der Waals surface area contributed by atoms with Gasteiger partial charge < -0.3 is 24.8 Å². The van der Waals surface area contributed by atoms with Crippen LogP contribution in [0.5, 0.6) is 11.6 Å². The first kappa shape index (κ1) is 23.6. The lowest BCUT2D eigenvalue weighted by molar-refractivity contribution is -0.274. The Morgan fingerprint density at radius 1 is 1.03 bits per heavy atom. The van der Waals surface area contributed by atoms with Crippen LogP contribution >= 0.6 is 11.6 Å². The molecule has 0 unspecified atom stereocenters. The molecule has 0 saturated carbocycles. The van der Waals surface area contributed by atoms with Gasteiger partial charge in [-0.05, 0) is 36.2 Å². The van der Waals surface area contributed by atoms with Crippen molar-refractivity contribution in [1.29, 1.82) is 0 Å². The molecular formula is C21H14ClF6N3O3. The quantitative estimate of drug-likeness (QED) is 0.269. The molecule has 3 N–H and O–H groups in total. The molecule has 0 saturated heterocycles. The molecule has 0 bridgehead atoms. The van der Waals surface area contributed by atoms with Gasteiger partial charge in [0.15, 0.2) is 0 Å². The molecule has 0 aliphatic rings. The van der Waals surface area contributed by atoms with E-state index in [1.807, 2.05) is 0 Å². The minimum Gasteiger partial charge on any atom is -0.406 e. The van der Waals surface area contributed by atoms with Gasteiger partial charge >= 0.3 is 18.6 Å². The second kappa shape index (κ2) is 8.67. The third-order valence-electron chi connectivity index (χ3n) is 4.82. The van der Waals surface area contributed by atoms with E-state index in [0.717, 1.165) is 12.1 Å². The number of aromatic amines is 2. The topological polar surface area (TPSA) is 79.1 Å². The van der Waals surface area contributed by atoms with Crippen molar-refractivity contribution in [2.24, 2.45) is 0 Å². The zero-order valence-corrected chi connectivity index (χ0v) is 17.6. The first-order chi connectivity index (χ1) is 15.9. The number of H-pyrrole nitrogens is 2. The molecule has 0 radical (unpaired) electrons. The molecule has 4 aromatic rings. The molecule has 1 amide bonds. The average Bonchev–Trinajstić information content (AvgIpc) is 3.28. The summed E-state index contributed by atoms with van der Waals surface area (Å²) in [6.07, 6.45) is -10.7. The van der Waals surface area contributed by atoms with Crippen LogP contribution in [0.1, 0.15) is 11.3 Å². The van der Waals surface area contributed by atoms with Crippen molar-refractivity contribution in [3.63, 3.8) is 0 Å². The Morgan fingerprint density at radius 3 is 2.50 bits per heavy atom. The first-order valence-electron chi connectivity index (χ1n) is 9.61. The summed E-state index contributed by atoms with van der Waals surface area (Å²) in [5.41, 5.74) is -0.504. The van der Waals surface area contributed by atoms with Crippen LogP contribution in [0.2, 0.25) is 5.02 Å². The normalized spacial score (nSPS) is 12.3. The minimum absolute atomic E-state index is 0.0619. The second-order valence-electron chi connectivity index (χ2n) is 7.14. The van der Waals surface area contributed by atoms with E-state index in [1.54, 1.807) is 0 Å². The second-order valence-corrected chi connectivity index (χ2v) is 7.54. The number of fused-ring (bicyclic) bond motifs is 2. The molecule has 34 heavy (non-hydrogen) atoms. The van der Waals surface area contributed by atoms with Crippen molar-refractivity contribution in [2.75, 3.05) is 6.54 Å². The van der Waals surface area contributed by atoms with Gasteiger partial charge in [-0.1, -0.05) is 23.7 Å². The zero-order chi connectivity index (χ0) is 24.7. The number of hydrogen-bond donors (Lipinski definition) is 3. The number of rotatable bonds is 5. The van der Waals surface area contributed by atoms with E-state index >= 15 is 0 Å². The SMILES string of the molecule is O=C(NCCc1c(C(F)(F)F)[nH]c2c(Cl)cccc12)Oc1cc2cc(OC(F)(F)F)ccc2[nH]1. The molecule has 2 heterocycles. The third kappa shape index (κ3) is 5.16. The van der Waals surface area contributed by atoms with E-state index in [4.69, 9.17) is 16.3 Å². The van der Waals surface area contributed by atoms with E-state index in [-0.39, 0.29) is 45.7 Å². The zero-order valence-electron chi connectivity index (χ0n) is 16.8. The molecular weight excluding hydrogens is 492 g/mol. The van der Waals surface area contributed by atoms with Crippen LogP contribution < -0.4 is 14.8 Å². The molecule has 0 aliphatic heterocycles. The van der Waals surface area contributed by atoms with Crippen molar-refractivity contribution < 1.29 is 40.6 Å². The minimum atomic E-state index is -4.86. The molecule has 180 valence electrons. The number of halogens is 7. The summed E-state index contributed by atoms with van der Waals surface area (Å²) in [5.74, 6) is -0.527. The number of nitrogens with one attached hydrogen (secondary N) is 3. The smallest absolute Gasteiger partial charge is 0.406 e. The fourth-order valence-electron chi connectivity index (χ4n) is 3.50. The van der Waals surface area contributed by atoms with Gasteiger partial charge in [-0.3, -0.25) is 0 Å². The van der Waals surface area contributed by atoms with Gasteiger partial charge in [0, 0.05) is 28.9 Å². The maximum atomic E-state index is 13.5. The molecule has 0 atom stereocenters. The van der Waals surface area contributed by atoms with Gasteiger partial charge in [-0.2, -0.15) is 13.2 Å². The van der Waals surface area contributed by atoms with Crippen LogP contribution in [0.15, 0.2) is 42.5 Å². The van der Waals surface area contributed by atoms with Crippen LogP contribution in [-0.4, -0.2) is 29.0 Å². The predicted molar refractivity (Wildman–Crippen MR) is 111 cm³/mol. The summed E-state index contributed by atoms with van der Waals surface area (Å²) in [4.78, 5) is 17.1. The Bertz CT molecular complexity index is 1360. The number of para-hydroxylation sites is 1. The fraction of sp³-hybridized carbons (Fsp3) is 0.190. The van der Waals surface area contributed by atoms with Crippen LogP contribution in [0, 0.1) is 0 Å². The van der Waals surface area contributed by atoms with Crippen LogP contribution in [0.3, 0.4) is 0 Å². The standard InChI is InChI=1S/C21H14ClF6N3O3/c22-14-3-1-2-12-13(18(20(23,24)25)31-17(12)14)6-7-29-19(32)33-16-9-10-8-11(34-21(26,27)28)4-5-15(10)30-16/h1-5,8-9,30-31H,6-7H2,(H,29,32). The molecule has 2 aromatic carbocycles. The molecule has 2 aromatic heterocycles. The monoisotopic (exact) mass is 505 g/mol. The number of carbonyl (C=O) groups is 1. The van der Waals surface area contributed by atoms with E-state index in [0.29, 0.717) is 5.52 Å². The van der Waals surface area contributed by atoms with E-state index < -0.39 is 30.1 Å². The van der Waals surface area contributed by atoms with Gasteiger partial charge in [0.05, 0.1) is 10.5 Å². The molecule has 0 aliphatic carbocycles. The van der Waals surface area contributed by atoms with Gasteiger partial charge in [0.1, 0.15) is 11.4 Å². The summed E-state index contributed by atoms with van der Waals surface area (Å²) >= 11 is 5.99. The Hall–Kier alpha value is -3.54. The average molecular weight is 506 g/mol. The highest BCUT2D eigenvalue weighted by atomic mass is 35.5. The number of benzene rings is 2. The lowest BCUT2D eigenvalue weighted by atomic mass is 10.1. The number of aromatic nitrogens is 2. The van der Waals surface area contributed by atoms with Crippen molar-refractivity contribution in [2.45, 2.75) is 19.0 Å². The van der Waals surface area contributed by atoms with Gasteiger partial charge in [0.2, 0.25) is 5.88 Å². The van der Waals surface area contributed by atoms with Gasteiger partial charge in [-0.25, -0.2) is 4.79 Å². The molecule has 4 rings (SSSR count). The van der Waals surface area contributed by atoms with E-state index in [2.05, 4.69) is 20.0 Å². The van der Waals surface area contributed by atoms with Crippen LogP contribution in [0.4, 0.5) is 31.1 Å². The lowest BCUT2D eigenvalue weighted by Crippen LogP contribution is -2.29. The molecule has 6 nitrogen and oxygen atoms in total. The number of alkyl halides is 6. The highest BCUT2D eigenvalue weighted by Crippen LogP contribution is 2.37. The molecule has 13 heteroatoms. The lowest BCUT2D eigenvalue weighted by Gasteiger charge is -2.09. The Balaban J connectivity index is 1.43. The fourth-order valence-corrected chi connectivity index (χ4v) is 3.72. The molecule has 0 spiro atoms. The number of hydrogen-bond acceptors (Lipinski definition) is 3. The largest absolute Gasteiger partial charge is 0.573 e. The van der Waals surface area contributed by atoms with E-state index in [1.165, 1.54) is 30.3 Å². The summed E-state index contributed by atoms with van der Waals surface area (Å²) < 4.78 is 86.3. The van der Waals surface area contributed by atoms with Crippen molar-refractivity contribution in [1.82, 2.24) is 15.3 Å². The van der Waals surface area contributed by atoms with Crippen molar-refractivity contribution in [3.8, 4) is 11.6 Å². The Morgan fingerprint density at radius 2 is 1.79 bits per heavy atom. The Labute approximate surface area is 191 Å². The number of amides is 1. The van der Waals surface area contributed by atoms with Crippen LogP contribution in [-0.2, 0) is 12.6 Å². The van der Waals surface area contributed by atoms with Crippen molar-refractivity contribution in [3.05, 3.63) is 58.7 Å². The molecule has 0 fully saturated rings. The van der Waals surface area contributed by atoms with Gasteiger partial charge in [-0.15, -0.1) is 13.2 Å². The number of carbonyl (C=O) groups excluding carboxylic acids is 1. The third-order valence-corrected chi connectivity index (χ3v) is 5.14. The van der Waals surface area contributed by atoms with Gasteiger partial charge in [0.25, 0.3) is 0 Å². The summed E-state index contributed by atoms with van der Waals surface area (Å²) in [5, 5.41) is 3.04. The van der Waals surface area contributed by atoms with Crippen LogP contribution in [0.25, 0.3) is 21.8 Å². The predicted octanol–water partition coefficient (Wildman–Crippen LogP) is 6.55. The highest BCUT2D eigenvalue weighted by Gasteiger charge is 2.36. The van der Waals surface area contributed by atoms with Crippen molar-refractivity contribution >= 4 is 39.5 Å². The first-order valence-corrected chi connectivity index (χ1v) is 9.99. The number of ether oxygens (including phenoxy) is 2.